The Morgan fingerprint density at radius 1 is 1.21 bits per heavy atom. The van der Waals surface area contributed by atoms with E-state index in [2.05, 4.69) is 27.6 Å². The summed E-state index contributed by atoms with van der Waals surface area (Å²) in [7, 11) is 1.91. The minimum atomic E-state index is -5.08. The number of amides is 1. The predicted molar refractivity (Wildman–Crippen MR) is 96.5 cm³/mol. The molecule has 0 unspecified atom stereocenters. The molecule has 0 radical (unpaired) electrons. The normalized spacial score (nSPS) is 11.0. The number of aromatic nitrogens is 2. The largest absolute Gasteiger partial charge is 0.490 e. The molecule has 7 nitrogen and oxygen atoms in total. The number of nitrogens with one attached hydrogen (secondary N) is 2. The number of aromatic amines is 1. The Labute approximate surface area is 157 Å². The summed E-state index contributed by atoms with van der Waals surface area (Å²) in [5.74, 6) is -3.19. The molecule has 0 aliphatic heterocycles. The number of carboxylic acid groups (broad SMARTS) is 1. The van der Waals surface area contributed by atoms with Crippen LogP contribution in [0.2, 0.25) is 0 Å². The number of carbonyl (C=O) groups excluding carboxylic acids is 1. The first-order valence-corrected chi connectivity index (χ1v) is 7.95. The number of nitrogens with zero attached hydrogens (tertiary/aromatic N) is 1. The highest BCUT2D eigenvalue weighted by Crippen LogP contribution is 2.27. The van der Waals surface area contributed by atoms with E-state index in [9.17, 15) is 18.0 Å². The lowest BCUT2D eigenvalue weighted by Crippen LogP contribution is -2.21. The van der Waals surface area contributed by atoms with Crippen molar-refractivity contribution in [2.45, 2.75) is 12.7 Å². The molecular formula is C18H17F3N4O3. The lowest BCUT2D eigenvalue weighted by molar-refractivity contribution is -0.192. The standard InChI is InChI=1S/C16H16N4O.C2HF3O2/c1-18-9-10-3-2-4-11(7-10)15-13-8-12(16(17)21)5-6-14(13)19-20-15;3-2(4,5)1(6)7/h2-8,18H,9H2,1H3,(H2,17,21)(H,19,20);(H,6,7). The Morgan fingerprint density at radius 2 is 1.89 bits per heavy atom. The van der Waals surface area contributed by atoms with Crippen LogP contribution in [0.1, 0.15) is 15.9 Å². The lowest BCUT2D eigenvalue weighted by Gasteiger charge is -2.03. The summed E-state index contributed by atoms with van der Waals surface area (Å²) >= 11 is 0. The van der Waals surface area contributed by atoms with Crippen molar-refractivity contribution in [2.24, 2.45) is 5.73 Å². The highest BCUT2D eigenvalue weighted by Gasteiger charge is 2.38. The summed E-state index contributed by atoms with van der Waals surface area (Å²) in [6.07, 6.45) is -5.08. The molecule has 0 aliphatic rings. The molecule has 3 aromatic rings. The smallest absolute Gasteiger partial charge is 0.475 e. The summed E-state index contributed by atoms with van der Waals surface area (Å²) in [6, 6.07) is 13.5. The van der Waals surface area contributed by atoms with Crippen LogP contribution >= 0.6 is 0 Å². The summed E-state index contributed by atoms with van der Waals surface area (Å²) in [5, 5.41) is 18.5. The van der Waals surface area contributed by atoms with Gasteiger partial charge >= 0.3 is 12.1 Å². The molecule has 28 heavy (non-hydrogen) atoms. The van der Waals surface area contributed by atoms with Crippen molar-refractivity contribution in [1.29, 1.82) is 0 Å². The first-order chi connectivity index (χ1) is 13.1. The van der Waals surface area contributed by atoms with E-state index in [-0.39, 0.29) is 0 Å². The zero-order valence-corrected chi connectivity index (χ0v) is 14.7. The van der Waals surface area contributed by atoms with Crippen LogP contribution in [-0.4, -0.2) is 40.4 Å². The van der Waals surface area contributed by atoms with Crippen molar-refractivity contribution in [2.75, 3.05) is 7.05 Å². The van der Waals surface area contributed by atoms with Gasteiger partial charge in [0.2, 0.25) is 5.91 Å². The quantitative estimate of drug-likeness (QED) is 0.542. The number of fused-ring (bicyclic) bond motifs is 1. The molecule has 0 saturated carbocycles. The lowest BCUT2D eigenvalue weighted by atomic mass is 10.0. The molecule has 0 bridgehead atoms. The van der Waals surface area contributed by atoms with Gasteiger partial charge in [-0.2, -0.15) is 18.3 Å². The summed E-state index contributed by atoms with van der Waals surface area (Å²) < 4.78 is 31.7. The molecule has 0 aliphatic carbocycles. The highest BCUT2D eigenvalue weighted by molar-refractivity contribution is 6.00. The van der Waals surface area contributed by atoms with Crippen molar-refractivity contribution >= 4 is 22.8 Å². The van der Waals surface area contributed by atoms with Crippen LogP contribution in [0.3, 0.4) is 0 Å². The molecule has 0 fully saturated rings. The number of halogens is 3. The van der Waals surface area contributed by atoms with Crippen LogP contribution in [0.25, 0.3) is 22.2 Å². The molecule has 0 spiro atoms. The second-order valence-corrected chi connectivity index (χ2v) is 5.73. The van der Waals surface area contributed by atoms with Crippen molar-refractivity contribution in [3.63, 3.8) is 0 Å². The van der Waals surface area contributed by atoms with E-state index < -0.39 is 18.1 Å². The number of primary amides is 1. The van der Waals surface area contributed by atoms with Gasteiger partial charge in [0, 0.05) is 23.1 Å². The monoisotopic (exact) mass is 394 g/mol. The number of carboxylic acids is 1. The number of hydrogen-bond acceptors (Lipinski definition) is 4. The first-order valence-electron chi connectivity index (χ1n) is 7.95. The van der Waals surface area contributed by atoms with Crippen LogP contribution in [0.5, 0.6) is 0 Å². The topological polar surface area (TPSA) is 121 Å². The average Bonchev–Trinajstić information content (AvgIpc) is 3.05. The van der Waals surface area contributed by atoms with Gasteiger partial charge in [-0.25, -0.2) is 4.79 Å². The number of rotatable bonds is 4. The Morgan fingerprint density at radius 3 is 2.46 bits per heavy atom. The molecule has 1 amide bonds. The minimum absolute atomic E-state index is 0.437. The molecule has 5 N–H and O–H groups in total. The number of alkyl halides is 3. The maximum atomic E-state index is 11.3. The van der Waals surface area contributed by atoms with E-state index in [0.29, 0.717) is 5.56 Å². The van der Waals surface area contributed by atoms with Gasteiger partial charge < -0.3 is 16.2 Å². The second kappa shape index (κ2) is 8.53. The van der Waals surface area contributed by atoms with Crippen molar-refractivity contribution in [3.8, 4) is 11.3 Å². The van der Waals surface area contributed by atoms with Crippen LogP contribution in [0.15, 0.2) is 42.5 Å². The zero-order valence-electron chi connectivity index (χ0n) is 14.7. The number of H-pyrrole nitrogens is 1. The van der Waals surface area contributed by atoms with Gasteiger partial charge in [-0.15, -0.1) is 0 Å². The van der Waals surface area contributed by atoms with Crippen LogP contribution in [0, 0.1) is 0 Å². The van der Waals surface area contributed by atoms with Crippen molar-refractivity contribution < 1.29 is 27.9 Å². The van der Waals surface area contributed by atoms with Gasteiger partial charge in [-0.3, -0.25) is 9.89 Å². The molecular weight excluding hydrogens is 377 g/mol. The summed E-state index contributed by atoms with van der Waals surface area (Å²) in [4.78, 5) is 20.2. The third kappa shape index (κ3) is 5.07. The molecule has 3 rings (SSSR count). The first kappa shape index (κ1) is 20.9. The van der Waals surface area contributed by atoms with Gasteiger partial charge in [0.15, 0.2) is 0 Å². The Kier molecular flexibility index (Phi) is 6.37. The molecule has 0 saturated heterocycles. The number of nitrogens with two attached hydrogens (primary N) is 1. The molecule has 10 heteroatoms. The van der Waals surface area contributed by atoms with Crippen LogP contribution in [0.4, 0.5) is 13.2 Å². The van der Waals surface area contributed by atoms with Gasteiger partial charge in [0.05, 0.1) is 11.2 Å². The zero-order chi connectivity index (χ0) is 20.9. The number of hydrogen-bond donors (Lipinski definition) is 4. The summed E-state index contributed by atoms with van der Waals surface area (Å²) in [5.41, 5.74) is 9.73. The van der Waals surface area contributed by atoms with E-state index >= 15 is 0 Å². The Hall–Kier alpha value is -3.40. The van der Waals surface area contributed by atoms with Gasteiger partial charge in [0.25, 0.3) is 0 Å². The third-order valence-electron chi connectivity index (χ3n) is 3.67. The van der Waals surface area contributed by atoms with Crippen LogP contribution in [-0.2, 0) is 11.3 Å². The van der Waals surface area contributed by atoms with E-state index in [1.807, 2.05) is 25.2 Å². The minimum Gasteiger partial charge on any atom is -0.475 e. The number of carbonyl (C=O) groups is 2. The fourth-order valence-corrected chi connectivity index (χ4v) is 2.42. The fraction of sp³-hybridized carbons (Fsp3) is 0.167. The Balaban J connectivity index is 0.000000345. The number of benzene rings is 2. The molecule has 148 valence electrons. The molecule has 2 aromatic carbocycles. The van der Waals surface area contributed by atoms with E-state index in [1.165, 1.54) is 5.56 Å². The number of aliphatic carboxylic acids is 1. The van der Waals surface area contributed by atoms with Crippen molar-refractivity contribution in [3.05, 3.63) is 53.6 Å². The third-order valence-corrected chi connectivity index (χ3v) is 3.67. The van der Waals surface area contributed by atoms with Gasteiger partial charge in [-0.1, -0.05) is 18.2 Å². The van der Waals surface area contributed by atoms with E-state index in [1.54, 1.807) is 12.1 Å². The second-order valence-electron chi connectivity index (χ2n) is 5.73. The van der Waals surface area contributed by atoms with Crippen LogP contribution < -0.4 is 11.1 Å². The molecule has 1 aromatic heterocycles. The maximum absolute atomic E-state index is 11.3. The SMILES string of the molecule is CNCc1cccc(-c2n[nH]c3ccc(C(N)=O)cc23)c1.O=C(O)C(F)(F)F. The van der Waals surface area contributed by atoms with E-state index in [0.717, 1.165) is 28.7 Å². The maximum Gasteiger partial charge on any atom is 0.490 e. The van der Waals surface area contributed by atoms with Crippen molar-refractivity contribution in [1.82, 2.24) is 15.5 Å². The molecule has 0 atom stereocenters. The van der Waals surface area contributed by atoms with Gasteiger partial charge in [-0.05, 0) is 36.9 Å². The highest BCUT2D eigenvalue weighted by atomic mass is 19.4. The summed E-state index contributed by atoms with van der Waals surface area (Å²) in [6.45, 7) is 0.794. The fourth-order valence-electron chi connectivity index (χ4n) is 2.42. The predicted octanol–water partition coefficient (Wildman–Crippen LogP) is 2.68. The van der Waals surface area contributed by atoms with E-state index in [4.69, 9.17) is 15.6 Å². The molecule has 1 heterocycles. The van der Waals surface area contributed by atoms with Gasteiger partial charge in [0.1, 0.15) is 0 Å². The Bertz CT molecular complexity index is 999. The average molecular weight is 394 g/mol.